The number of primary amides is 1. The van der Waals surface area contributed by atoms with E-state index in [9.17, 15) is 4.79 Å². The van der Waals surface area contributed by atoms with Gasteiger partial charge < -0.3 is 11.1 Å². The predicted octanol–water partition coefficient (Wildman–Crippen LogP) is 2.40. The molecule has 0 aliphatic carbocycles. The molecule has 0 radical (unpaired) electrons. The molecule has 0 spiro atoms. The first-order valence-electron chi connectivity index (χ1n) is 6.41. The molecule has 1 aromatic carbocycles. The van der Waals surface area contributed by atoms with Gasteiger partial charge in [-0.05, 0) is 43.3 Å². The first-order valence-corrected chi connectivity index (χ1v) is 7.21. The Bertz CT molecular complexity index is 623. The molecule has 2 rings (SSSR count). The van der Waals surface area contributed by atoms with Gasteiger partial charge >= 0.3 is 0 Å². The molecule has 1 amide bonds. The molecule has 20 heavy (non-hydrogen) atoms. The van der Waals surface area contributed by atoms with E-state index in [1.165, 1.54) is 0 Å². The summed E-state index contributed by atoms with van der Waals surface area (Å²) in [7, 11) is 0. The van der Waals surface area contributed by atoms with Gasteiger partial charge in [0.25, 0.3) is 5.91 Å². The van der Waals surface area contributed by atoms with E-state index in [0.29, 0.717) is 0 Å². The van der Waals surface area contributed by atoms with Crippen molar-refractivity contribution in [3.05, 3.63) is 46.2 Å². The van der Waals surface area contributed by atoms with E-state index in [1.54, 1.807) is 16.9 Å². The van der Waals surface area contributed by atoms with Gasteiger partial charge in [-0.25, -0.2) is 4.68 Å². The highest BCUT2D eigenvalue weighted by Crippen LogP contribution is 2.25. The second-order valence-corrected chi connectivity index (χ2v) is 5.41. The summed E-state index contributed by atoms with van der Waals surface area (Å²) in [6.45, 7) is 5.03. The Morgan fingerprint density at radius 1 is 1.50 bits per heavy atom. The van der Waals surface area contributed by atoms with Crippen LogP contribution in [0, 0.1) is 0 Å². The van der Waals surface area contributed by atoms with Crippen LogP contribution < -0.4 is 11.1 Å². The van der Waals surface area contributed by atoms with Crippen LogP contribution in [0.2, 0.25) is 0 Å². The van der Waals surface area contributed by atoms with Crippen molar-refractivity contribution in [3.8, 4) is 5.69 Å². The van der Waals surface area contributed by atoms with Crippen LogP contribution in [0.5, 0.6) is 0 Å². The van der Waals surface area contributed by atoms with E-state index in [2.05, 4.69) is 40.2 Å². The molecule has 0 aliphatic heterocycles. The third-order valence-electron chi connectivity index (χ3n) is 3.05. The van der Waals surface area contributed by atoms with E-state index in [4.69, 9.17) is 5.73 Å². The van der Waals surface area contributed by atoms with Gasteiger partial charge in [-0.15, -0.1) is 0 Å². The fourth-order valence-electron chi connectivity index (χ4n) is 2.09. The van der Waals surface area contributed by atoms with E-state index in [1.807, 2.05) is 18.2 Å². The summed E-state index contributed by atoms with van der Waals surface area (Å²) < 4.78 is 2.68. The molecule has 3 N–H and O–H groups in total. The van der Waals surface area contributed by atoms with Crippen molar-refractivity contribution in [1.29, 1.82) is 0 Å². The Balaban J connectivity index is 2.46. The van der Waals surface area contributed by atoms with Crippen LogP contribution >= 0.6 is 15.9 Å². The maximum absolute atomic E-state index is 11.1. The van der Waals surface area contributed by atoms with Gasteiger partial charge in [-0.3, -0.25) is 4.79 Å². The fourth-order valence-corrected chi connectivity index (χ4v) is 2.47. The molecule has 1 unspecified atom stereocenters. The van der Waals surface area contributed by atoms with Gasteiger partial charge in [0.05, 0.1) is 5.69 Å². The third kappa shape index (κ3) is 3.08. The molecular formula is C14H17BrN4O. The van der Waals surface area contributed by atoms with Crippen molar-refractivity contribution in [2.75, 3.05) is 6.54 Å². The number of hydrogen-bond acceptors (Lipinski definition) is 3. The van der Waals surface area contributed by atoms with Crippen LogP contribution in [-0.2, 0) is 0 Å². The summed E-state index contributed by atoms with van der Waals surface area (Å²) in [4.78, 5) is 11.1. The Morgan fingerprint density at radius 3 is 2.85 bits per heavy atom. The highest BCUT2D eigenvalue weighted by atomic mass is 79.9. The lowest BCUT2D eigenvalue weighted by molar-refractivity contribution is 0.0995. The molecule has 0 saturated carbocycles. The minimum absolute atomic E-state index is 0.175. The topological polar surface area (TPSA) is 72.9 Å². The maximum Gasteiger partial charge on any atom is 0.269 e. The first kappa shape index (κ1) is 14.7. The average Bonchev–Trinajstić information content (AvgIpc) is 2.88. The van der Waals surface area contributed by atoms with Gasteiger partial charge in [0, 0.05) is 16.7 Å². The molecule has 1 heterocycles. The number of carbonyl (C=O) groups is 1. The molecule has 5 nitrogen and oxygen atoms in total. The average molecular weight is 337 g/mol. The lowest BCUT2D eigenvalue weighted by Gasteiger charge is -2.17. The van der Waals surface area contributed by atoms with Crippen LogP contribution in [0.1, 0.15) is 35.9 Å². The fraction of sp³-hybridized carbons (Fsp3) is 0.286. The van der Waals surface area contributed by atoms with Crippen molar-refractivity contribution in [2.45, 2.75) is 19.9 Å². The summed E-state index contributed by atoms with van der Waals surface area (Å²) in [5.74, 6) is -0.526. The molecule has 0 saturated heterocycles. The standard InChI is InChI=1S/C14H17BrN4O/c1-3-17-9(2)11-8-10(15)4-5-13(11)19-7-6-12(18-19)14(16)20/h4-9,17H,3H2,1-2H3,(H2,16,20). The highest BCUT2D eigenvalue weighted by Gasteiger charge is 2.14. The molecule has 0 aliphatic rings. The molecule has 106 valence electrons. The summed E-state index contributed by atoms with van der Waals surface area (Å²) in [5, 5.41) is 7.59. The van der Waals surface area contributed by atoms with Crippen LogP contribution in [0.25, 0.3) is 5.69 Å². The van der Waals surface area contributed by atoms with E-state index in [-0.39, 0.29) is 11.7 Å². The zero-order valence-corrected chi connectivity index (χ0v) is 13.0. The van der Waals surface area contributed by atoms with Gasteiger partial charge in [0.1, 0.15) is 5.69 Å². The monoisotopic (exact) mass is 336 g/mol. The summed E-state index contributed by atoms with van der Waals surface area (Å²) in [6.07, 6.45) is 1.74. The van der Waals surface area contributed by atoms with Gasteiger partial charge in [0.2, 0.25) is 0 Å². The van der Waals surface area contributed by atoms with Crippen molar-refractivity contribution in [3.63, 3.8) is 0 Å². The minimum Gasteiger partial charge on any atom is -0.364 e. The number of aromatic nitrogens is 2. The number of nitrogens with two attached hydrogens (primary N) is 1. The summed E-state index contributed by atoms with van der Waals surface area (Å²) in [6, 6.07) is 7.75. The smallest absolute Gasteiger partial charge is 0.269 e. The third-order valence-corrected chi connectivity index (χ3v) is 3.55. The van der Waals surface area contributed by atoms with Crippen LogP contribution in [0.4, 0.5) is 0 Å². The van der Waals surface area contributed by atoms with Gasteiger partial charge in [-0.2, -0.15) is 5.10 Å². The van der Waals surface area contributed by atoms with Crippen molar-refractivity contribution >= 4 is 21.8 Å². The zero-order valence-electron chi connectivity index (χ0n) is 11.4. The Hall–Kier alpha value is -1.66. The zero-order chi connectivity index (χ0) is 14.7. The SMILES string of the molecule is CCNC(C)c1cc(Br)ccc1-n1ccc(C(N)=O)n1. The molecule has 0 fully saturated rings. The van der Waals surface area contributed by atoms with Gasteiger partial charge in [-0.1, -0.05) is 22.9 Å². The largest absolute Gasteiger partial charge is 0.364 e. The molecule has 6 heteroatoms. The number of benzene rings is 1. The van der Waals surface area contributed by atoms with Crippen molar-refractivity contribution in [2.24, 2.45) is 5.73 Å². The summed E-state index contributed by atoms with van der Waals surface area (Å²) in [5.41, 5.74) is 7.52. The van der Waals surface area contributed by atoms with E-state index >= 15 is 0 Å². The van der Waals surface area contributed by atoms with Crippen LogP contribution in [-0.4, -0.2) is 22.2 Å². The molecule has 1 atom stereocenters. The number of amides is 1. The Labute approximate surface area is 126 Å². The lowest BCUT2D eigenvalue weighted by Crippen LogP contribution is -2.20. The second kappa shape index (κ2) is 6.19. The summed E-state index contributed by atoms with van der Waals surface area (Å²) >= 11 is 3.49. The molecule has 1 aromatic heterocycles. The number of rotatable bonds is 5. The quantitative estimate of drug-likeness (QED) is 0.880. The van der Waals surface area contributed by atoms with Crippen LogP contribution in [0.15, 0.2) is 34.9 Å². The van der Waals surface area contributed by atoms with E-state index < -0.39 is 5.91 Å². The number of nitrogens with one attached hydrogen (secondary N) is 1. The molecule has 0 bridgehead atoms. The predicted molar refractivity (Wildman–Crippen MR) is 81.9 cm³/mol. The Morgan fingerprint density at radius 2 is 2.25 bits per heavy atom. The number of halogens is 1. The van der Waals surface area contributed by atoms with Crippen LogP contribution in [0.3, 0.4) is 0 Å². The molecular weight excluding hydrogens is 320 g/mol. The highest BCUT2D eigenvalue weighted by molar-refractivity contribution is 9.10. The first-order chi connectivity index (χ1) is 9.52. The number of nitrogens with zero attached hydrogens (tertiary/aromatic N) is 2. The van der Waals surface area contributed by atoms with Crippen molar-refractivity contribution in [1.82, 2.24) is 15.1 Å². The van der Waals surface area contributed by atoms with Gasteiger partial charge in [0.15, 0.2) is 0 Å². The number of carbonyl (C=O) groups excluding carboxylic acids is 1. The second-order valence-electron chi connectivity index (χ2n) is 4.49. The maximum atomic E-state index is 11.1. The molecule has 2 aromatic rings. The lowest BCUT2D eigenvalue weighted by atomic mass is 10.1. The van der Waals surface area contributed by atoms with E-state index in [0.717, 1.165) is 22.3 Å². The Kier molecular flexibility index (Phi) is 4.57. The van der Waals surface area contributed by atoms with Crippen molar-refractivity contribution < 1.29 is 4.79 Å². The number of hydrogen-bond donors (Lipinski definition) is 2. The normalized spacial score (nSPS) is 12.3. The minimum atomic E-state index is -0.526.